The van der Waals surface area contributed by atoms with Gasteiger partial charge >= 0.3 is 5.97 Å². The third kappa shape index (κ3) is 4.62. The lowest BCUT2D eigenvalue weighted by Gasteiger charge is -2.26. The molecular formula is C25H24N2O4. The number of ether oxygens (including phenoxy) is 2. The van der Waals surface area contributed by atoms with Gasteiger partial charge in [0, 0.05) is 48.7 Å². The number of carbonyl (C=O) groups is 2. The monoisotopic (exact) mass is 416 g/mol. The summed E-state index contributed by atoms with van der Waals surface area (Å²) in [7, 11) is 1.36. The highest BCUT2D eigenvalue weighted by molar-refractivity contribution is 6.07. The quantitative estimate of drug-likeness (QED) is 0.484. The summed E-state index contributed by atoms with van der Waals surface area (Å²) in [4.78, 5) is 26.4. The smallest absolute Gasteiger partial charge is 0.337 e. The minimum atomic E-state index is -0.360. The Balaban J connectivity index is 1.48. The lowest BCUT2D eigenvalue weighted by Crippen LogP contribution is -2.40. The molecule has 1 fully saturated rings. The van der Waals surface area contributed by atoms with Gasteiger partial charge in [0.15, 0.2) is 0 Å². The Labute approximate surface area is 181 Å². The number of carbonyl (C=O) groups excluding carboxylic acids is 2. The Bertz CT molecular complexity index is 1150. The topological polar surface area (TPSA) is 60.8 Å². The van der Waals surface area contributed by atoms with Gasteiger partial charge in [-0.2, -0.15) is 0 Å². The van der Waals surface area contributed by atoms with Gasteiger partial charge in [0.2, 0.25) is 0 Å². The maximum atomic E-state index is 13.0. The van der Waals surface area contributed by atoms with Crippen molar-refractivity contribution in [3.8, 4) is 11.8 Å². The van der Waals surface area contributed by atoms with Crippen LogP contribution in [0.15, 0.2) is 54.7 Å². The molecule has 0 N–H and O–H groups in total. The first-order chi connectivity index (χ1) is 15.2. The first-order valence-electron chi connectivity index (χ1n) is 10.3. The largest absolute Gasteiger partial charge is 0.465 e. The summed E-state index contributed by atoms with van der Waals surface area (Å²) < 4.78 is 12.2. The van der Waals surface area contributed by atoms with E-state index in [0.717, 1.165) is 22.0 Å². The highest BCUT2D eigenvalue weighted by atomic mass is 16.5. The van der Waals surface area contributed by atoms with Crippen LogP contribution >= 0.6 is 0 Å². The number of rotatable bonds is 4. The molecule has 0 unspecified atom stereocenters. The number of aryl methyl sites for hydroxylation is 1. The molecule has 31 heavy (non-hydrogen) atoms. The number of aromatic nitrogens is 1. The molecular weight excluding hydrogens is 392 g/mol. The molecule has 3 aromatic rings. The summed E-state index contributed by atoms with van der Waals surface area (Å²) in [5.74, 6) is 6.00. The van der Waals surface area contributed by atoms with E-state index in [1.807, 2.05) is 47.5 Å². The van der Waals surface area contributed by atoms with Gasteiger partial charge in [-0.15, -0.1) is 0 Å². The van der Waals surface area contributed by atoms with Gasteiger partial charge in [-0.05, 0) is 30.3 Å². The molecule has 1 saturated heterocycles. The van der Waals surface area contributed by atoms with E-state index in [-0.39, 0.29) is 11.9 Å². The van der Waals surface area contributed by atoms with E-state index < -0.39 is 0 Å². The molecule has 6 nitrogen and oxygen atoms in total. The molecule has 1 aliphatic rings. The maximum absolute atomic E-state index is 13.0. The Hall–Kier alpha value is -3.56. The molecule has 1 aromatic heterocycles. The molecule has 0 radical (unpaired) electrons. The summed E-state index contributed by atoms with van der Waals surface area (Å²) >= 11 is 0. The molecule has 0 bridgehead atoms. The van der Waals surface area contributed by atoms with Crippen LogP contribution in [0.4, 0.5) is 0 Å². The average molecular weight is 416 g/mol. The Morgan fingerprint density at radius 2 is 1.81 bits per heavy atom. The van der Waals surface area contributed by atoms with Crippen LogP contribution in [-0.4, -0.2) is 54.8 Å². The number of amides is 1. The van der Waals surface area contributed by atoms with Crippen LogP contribution in [0.2, 0.25) is 0 Å². The summed E-state index contributed by atoms with van der Waals surface area (Å²) in [6.45, 7) is 3.10. The minimum absolute atomic E-state index is 0.0510. The normalized spacial score (nSPS) is 13.5. The molecule has 1 aliphatic heterocycles. The number of esters is 1. The van der Waals surface area contributed by atoms with E-state index in [2.05, 4.69) is 16.4 Å². The summed E-state index contributed by atoms with van der Waals surface area (Å²) in [6.07, 6.45) is 2.58. The van der Waals surface area contributed by atoms with E-state index in [1.54, 1.807) is 12.1 Å². The lowest BCUT2D eigenvalue weighted by molar-refractivity contribution is 0.0304. The van der Waals surface area contributed by atoms with Crippen molar-refractivity contribution in [2.75, 3.05) is 33.4 Å². The fraction of sp³-hybridized carbons (Fsp3) is 0.280. The van der Waals surface area contributed by atoms with Crippen molar-refractivity contribution < 1.29 is 19.1 Å². The van der Waals surface area contributed by atoms with Crippen molar-refractivity contribution in [1.82, 2.24) is 9.47 Å². The summed E-state index contributed by atoms with van der Waals surface area (Å²) in [5, 5.41) is 0.963. The minimum Gasteiger partial charge on any atom is -0.465 e. The second kappa shape index (κ2) is 9.50. The number of methoxy groups -OCH3 is 1. The Morgan fingerprint density at radius 1 is 1.06 bits per heavy atom. The van der Waals surface area contributed by atoms with E-state index in [1.165, 1.54) is 7.11 Å². The number of benzene rings is 2. The third-order valence-corrected chi connectivity index (χ3v) is 5.33. The lowest BCUT2D eigenvalue weighted by atomic mass is 10.1. The second-order valence-electron chi connectivity index (χ2n) is 7.28. The van der Waals surface area contributed by atoms with E-state index in [4.69, 9.17) is 9.47 Å². The molecule has 2 heterocycles. The average Bonchev–Trinajstić information content (AvgIpc) is 3.20. The fourth-order valence-corrected chi connectivity index (χ4v) is 3.69. The first-order valence-corrected chi connectivity index (χ1v) is 10.3. The van der Waals surface area contributed by atoms with Gasteiger partial charge in [0.25, 0.3) is 5.91 Å². The Kier molecular flexibility index (Phi) is 6.34. The van der Waals surface area contributed by atoms with Crippen LogP contribution in [0.5, 0.6) is 0 Å². The third-order valence-electron chi connectivity index (χ3n) is 5.33. The van der Waals surface area contributed by atoms with Crippen LogP contribution < -0.4 is 0 Å². The maximum Gasteiger partial charge on any atom is 0.337 e. The van der Waals surface area contributed by atoms with Crippen LogP contribution in [0.1, 0.15) is 32.7 Å². The van der Waals surface area contributed by atoms with Gasteiger partial charge in [-0.1, -0.05) is 30.0 Å². The van der Waals surface area contributed by atoms with Gasteiger partial charge in [0.1, 0.15) is 0 Å². The van der Waals surface area contributed by atoms with Crippen molar-refractivity contribution in [1.29, 1.82) is 0 Å². The van der Waals surface area contributed by atoms with Gasteiger partial charge in [-0.3, -0.25) is 4.79 Å². The van der Waals surface area contributed by atoms with E-state index >= 15 is 0 Å². The molecule has 0 atom stereocenters. The van der Waals surface area contributed by atoms with Crippen molar-refractivity contribution >= 4 is 22.8 Å². The van der Waals surface area contributed by atoms with Gasteiger partial charge < -0.3 is 18.9 Å². The predicted octanol–water partition coefficient (Wildman–Crippen LogP) is 3.34. The molecule has 4 rings (SSSR count). The van der Waals surface area contributed by atoms with Gasteiger partial charge in [-0.25, -0.2) is 4.79 Å². The molecule has 1 amide bonds. The zero-order valence-electron chi connectivity index (χ0n) is 17.5. The van der Waals surface area contributed by atoms with Gasteiger partial charge in [0.05, 0.1) is 31.5 Å². The number of morpholine rings is 1. The SMILES string of the molecule is COC(=O)c1ccc(C#CCCn2cc(C(=O)N3CCOCC3)c3ccccc32)cc1. The number of fused-ring (bicyclic) bond motifs is 1. The zero-order valence-corrected chi connectivity index (χ0v) is 17.5. The zero-order chi connectivity index (χ0) is 21.6. The first kappa shape index (κ1) is 20.7. The van der Waals surface area contributed by atoms with Crippen molar-refractivity contribution in [2.24, 2.45) is 0 Å². The predicted molar refractivity (Wildman–Crippen MR) is 118 cm³/mol. The molecule has 0 aliphatic carbocycles. The second-order valence-corrected chi connectivity index (χ2v) is 7.28. The summed E-state index contributed by atoms with van der Waals surface area (Å²) in [5.41, 5.74) is 3.10. The number of hydrogen-bond donors (Lipinski definition) is 0. The highest BCUT2D eigenvalue weighted by Gasteiger charge is 2.22. The summed E-state index contributed by atoms with van der Waals surface area (Å²) in [6, 6.07) is 15.0. The number of nitrogens with zero attached hydrogens (tertiary/aromatic N) is 2. The van der Waals surface area contributed by atoms with Crippen molar-refractivity contribution in [3.63, 3.8) is 0 Å². The van der Waals surface area contributed by atoms with Crippen LogP contribution in [0, 0.1) is 11.8 Å². The Morgan fingerprint density at radius 3 is 2.55 bits per heavy atom. The van der Waals surface area contributed by atoms with Crippen molar-refractivity contribution in [3.05, 3.63) is 71.4 Å². The number of hydrogen-bond acceptors (Lipinski definition) is 4. The van der Waals surface area contributed by atoms with Crippen LogP contribution in [0.3, 0.4) is 0 Å². The molecule has 6 heteroatoms. The van der Waals surface area contributed by atoms with Crippen LogP contribution in [0.25, 0.3) is 10.9 Å². The fourth-order valence-electron chi connectivity index (χ4n) is 3.69. The molecule has 0 saturated carbocycles. The van der Waals surface area contributed by atoms with E-state index in [9.17, 15) is 9.59 Å². The van der Waals surface area contributed by atoms with E-state index in [0.29, 0.717) is 44.8 Å². The molecule has 158 valence electrons. The van der Waals surface area contributed by atoms with Crippen LogP contribution in [-0.2, 0) is 16.0 Å². The highest BCUT2D eigenvalue weighted by Crippen LogP contribution is 2.23. The molecule has 0 spiro atoms. The standard InChI is InChI=1S/C25H24N2O4/c1-30-25(29)20-11-9-19(10-12-20)6-4-5-13-27-18-22(21-7-2-3-8-23(21)27)24(28)26-14-16-31-17-15-26/h2-3,7-12,18H,5,13-17H2,1H3. The van der Waals surface area contributed by atoms with Crippen molar-refractivity contribution in [2.45, 2.75) is 13.0 Å². The number of para-hydroxylation sites is 1. The molecule has 2 aromatic carbocycles.